The van der Waals surface area contributed by atoms with Gasteiger partial charge in [-0.2, -0.15) is 0 Å². The first kappa shape index (κ1) is 16.7. The van der Waals surface area contributed by atoms with Crippen molar-refractivity contribution < 1.29 is 9.59 Å². The van der Waals surface area contributed by atoms with Gasteiger partial charge in [0.25, 0.3) is 0 Å². The molecule has 0 radical (unpaired) electrons. The molecule has 2 amide bonds. The molecule has 23 heavy (non-hydrogen) atoms. The summed E-state index contributed by atoms with van der Waals surface area (Å²) in [5.74, 6) is 0.00996. The van der Waals surface area contributed by atoms with Gasteiger partial charge in [-0.15, -0.1) is 0 Å². The third-order valence-electron chi connectivity index (χ3n) is 3.62. The van der Waals surface area contributed by atoms with E-state index in [1.54, 1.807) is 29.2 Å². The SMILES string of the molecule is CC(=O)c1ccc(NC(=O)N(Cc2ccccc2)C(C)C)cc1. The predicted octanol–water partition coefficient (Wildman–Crippen LogP) is 4.33. The van der Waals surface area contributed by atoms with Crippen molar-refractivity contribution in [1.29, 1.82) is 0 Å². The average molecular weight is 310 g/mol. The Bertz CT molecular complexity index is 664. The van der Waals surface area contributed by atoms with Crippen molar-refractivity contribution in [2.45, 2.75) is 33.4 Å². The van der Waals surface area contributed by atoms with Crippen LogP contribution in [0.4, 0.5) is 10.5 Å². The summed E-state index contributed by atoms with van der Waals surface area (Å²) in [5.41, 5.74) is 2.40. The van der Waals surface area contributed by atoms with Gasteiger partial charge in [0.15, 0.2) is 5.78 Å². The standard InChI is InChI=1S/C19H22N2O2/c1-14(2)21(13-16-7-5-4-6-8-16)19(23)20-18-11-9-17(10-12-18)15(3)22/h4-12,14H,13H2,1-3H3,(H,20,23). The summed E-state index contributed by atoms with van der Waals surface area (Å²) in [7, 11) is 0. The van der Waals surface area contributed by atoms with Gasteiger partial charge in [0.1, 0.15) is 0 Å². The van der Waals surface area contributed by atoms with Crippen LogP contribution in [0.2, 0.25) is 0 Å². The largest absolute Gasteiger partial charge is 0.322 e. The number of anilines is 1. The number of carbonyl (C=O) groups excluding carboxylic acids is 2. The molecule has 0 unspecified atom stereocenters. The number of ketones is 1. The Labute approximate surface area is 137 Å². The second-order valence-electron chi connectivity index (χ2n) is 5.77. The third kappa shape index (κ3) is 4.68. The number of hydrogen-bond donors (Lipinski definition) is 1. The fourth-order valence-corrected chi connectivity index (χ4v) is 2.25. The number of nitrogens with zero attached hydrogens (tertiary/aromatic N) is 1. The van der Waals surface area contributed by atoms with Crippen molar-refractivity contribution in [2.24, 2.45) is 0 Å². The Kier molecular flexibility index (Phi) is 5.52. The van der Waals surface area contributed by atoms with E-state index >= 15 is 0 Å². The minimum atomic E-state index is -0.153. The maximum absolute atomic E-state index is 12.5. The van der Waals surface area contributed by atoms with Crippen LogP contribution in [0.15, 0.2) is 54.6 Å². The summed E-state index contributed by atoms with van der Waals surface area (Å²) in [6.45, 7) is 6.05. The van der Waals surface area contributed by atoms with E-state index < -0.39 is 0 Å². The van der Waals surface area contributed by atoms with Gasteiger partial charge in [-0.3, -0.25) is 4.79 Å². The lowest BCUT2D eigenvalue weighted by Crippen LogP contribution is -2.39. The lowest BCUT2D eigenvalue weighted by atomic mass is 10.1. The smallest absolute Gasteiger partial charge is 0.318 e. The van der Waals surface area contributed by atoms with Gasteiger partial charge in [-0.25, -0.2) is 4.79 Å². The highest BCUT2D eigenvalue weighted by Crippen LogP contribution is 2.14. The Morgan fingerprint density at radius 2 is 1.61 bits per heavy atom. The summed E-state index contributed by atoms with van der Waals surface area (Å²) in [5, 5.41) is 2.89. The molecule has 0 atom stereocenters. The van der Waals surface area contributed by atoms with E-state index in [9.17, 15) is 9.59 Å². The summed E-state index contributed by atoms with van der Waals surface area (Å²) >= 11 is 0. The summed E-state index contributed by atoms with van der Waals surface area (Å²) in [6, 6.07) is 16.7. The van der Waals surface area contributed by atoms with Crippen LogP contribution in [0.3, 0.4) is 0 Å². The van der Waals surface area contributed by atoms with E-state index in [-0.39, 0.29) is 17.9 Å². The number of benzene rings is 2. The van der Waals surface area contributed by atoms with Crippen molar-refractivity contribution in [2.75, 3.05) is 5.32 Å². The molecule has 120 valence electrons. The van der Waals surface area contributed by atoms with Crippen LogP contribution in [-0.4, -0.2) is 22.8 Å². The lowest BCUT2D eigenvalue weighted by Gasteiger charge is -2.27. The minimum absolute atomic E-state index is 0.00996. The zero-order valence-electron chi connectivity index (χ0n) is 13.7. The van der Waals surface area contributed by atoms with Gasteiger partial charge in [0.05, 0.1) is 0 Å². The third-order valence-corrected chi connectivity index (χ3v) is 3.62. The first-order chi connectivity index (χ1) is 11.0. The van der Waals surface area contributed by atoms with Crippen LogP contribution in [-0.2, 0) is 6.54 Å². The molecule has 2 aromatic carbocycles. The second kappa shape index (κ2) is 7.58. The fourth-order valence-electron chi connectivity index (χ4n) is 2.25. The number of urea groups is 1. The topological polar surface area (TPSA) is 49.4 Å². The monoisotopic (exact) mass is 310 g/mol. The number of hydrogen-bond acceptors (Lipinski definition) is 2. The molecular weight excluding hydrogens is 288 g/mol. The molecule has 1 N–H and O–H groups in total. The summed E-state index contributed by atoms with van der Waals surface area (Å²) < 4.78 is 0. The number of nitrogens with one attached hydrogen (secondary N) is 1. The Morgan fingerprint density at radius 3 is 2.13 bits per heavy atom. The molecule has 0 bridgehead atoms. The van der Waals surface area contributed by atoms with Gasteiger partial charge in [-0.05, 0) is 50.6 Å². The highest BCUT2D eigenvalue weighted by Gasteiger charge is 2.17. The molecule has 0 saturated carbocycles. The van der Waals surface area contributed by atoms with Gasteiger partial charge >= 0.3 is 6.03 Å². The van der Waals surface area contributed by atoms with Gasteiger partial charge in [0.2, 0.25) is 0 Å². The molecule has 2 rings (SSSR count). The molecule has 4 heteroatoms. The molecule has 0 heterocycles. The van der Waals surface area contributed by atoms with E-state index in [2.05, 4.69) is 5.32 Å². The molecule has 0 aliphatic carbocycles. The van der Waals surface area contributed by atoms with E-state index in [4.69, 9.17) is 0 Å². The first-order valence-corrected chi connectivity index (χ1v) is 7.70. The maximum atomic E-state index is 12.5. The van der Waals surface area contributed by atoms with Crippen molar-refractivity contribution in [3.8, 4) is 0 Å². The minimum Gasteiger partial charge on any atom is -0.318 e. The zero-order chi connectivity index (χ0) is 16.8. The van der Waals surface area contributed by atoms with Crippen LogP contribution in [0, 0.1) is 0 Å². The Morgan fingerprint density at radius 1 is 1.00 bits per heavy atom. The second-order valence-corrected chi connectivity index (χ2v) is 5.77. The number of amides is 2. The van der Waals surface area contributed by atoms with Gasteiger partial charge in [0, 0.05) is 23.8 Å². The number of carbonyl (C=O) groups is 2. The fraction of sp³-hybridized carbons (Fsp3) is 0.263. The maximum Gasteiger partial charge on any atom is 0.322 e. The van der Waals surface area contributed by atoms with Crippen LogP contribution >= 0.6 is 0 Å². The van der Waals surface area contributed by atoms with Crippen molar-refractivity contribution in [1.82, 2.24) is 4.90 Å². The highest BCUT2D eigenvalue weighted by molar-refractivity contribution is 5.95. The van der Waals surface area contributed by atoms with Crippen LogP contribution in [0.5, 0.6) is 0 Å². The van der Waals surface area contributed by atoms with E-state index in [1.165, 1.54) is 6.92 Å². The highest BCUT2D eigenvalue weighted by atomic mass is 16.2. The van der Waals surface area contributed by atoms with E-state index in [0.29, 0.717) is 17.8 Å². The molecule has 0 aromatic heterocycles. The van der Waals surface area contributed by atoms with Crippen molar-refractivity contribution >= 4 is 17.5 Å². The molecule has 0 saturated heterocycles. The average Bonchev–Trinajstić information content (AvgIpc) is 2.53. The van der Waals surface area contributed by atoms with Crippen LogP contribution in [0.25, 0.3) is 0 Å². The molecule has 0 spiro atoms. The van der Waals surface area contributed by atoms with E-state index in [0.717, 1.165) is 5.56 Å². The number of rotatable bonds is 5. The van der Waals surface area contributed by atoms with Crippen LogP contribution < -0.4 is 5.32 Å². The molecule has 4 nitrogen and oxygen atoms in total. The predicted molar refractivity (Wildman–Crippen MR) is 92.6 cm³/mol. The molecule has 0 aliphatic heterocycles. The molecule has 2 aromatic rings. The van der Waals surface area contributed by atoms with Crippen molar-refractivity contribution in [3.05, 3.63) is 65.7 Å². The van der Waals surface area contributed by atoms with Crippen molar-refractivity contribution in [3.63, 3.8) is 0 Å². The summed E-state index contributed by atoms with van der Waals surface area (Å²) in [4.78, 5) is 25.6. The Balaban J connectivity index is 2.07. The first-order valence-electron chi connectivity index (χ1n) is 7.70. The molecule has 0 aliphatic rings. The summed E-state index contributed by atoms with van der Waals surface area (Å²) in [6.07, 6.45) is 0. The lowest BCUT2D eigenvalue weighted by molar-refractivity contribution is 0.101. The quantitative estimate of drug-likeness (QED) is 0.836. The van der Waals surface area contributed by atoms with Gasteiger partial charge in [-0.1, -0.05) is 30.3 Å². The Hall–Kier alpha value is -2.62. The molecular formula is C19H22N2O2. The number of Topliss-reactive ketones (excluding diaryl/α,β-unsaturated/α-hetero) is 1. The van der Waals surface area contributed by atoms with E-state index in [1.807, 2.05) is 44.2 Å². The molecule has 0 fully saturated rings. The zero-order valence-corrected chi connectivity index (χ0v) is 13.7. The van der Waals surface area contributed by atoms with Crippen LogP contribution in [0.1, 0.15) is 36.7 Å². The normalized spacial score (nSPS) is 10.4. The van der Waals surface area contributed by atoms with Gasteiger partial charge < -0.3 is 10.2 Å².